The Morgan fingerprint density at radius 2 is 1.76 bits per heavy atom. The number of carbonyl (C=O) groups excluding carboxylic acids is 1. The van der Waals surface area contributed by atoms with E-state index in [4.69, 9.17) is 11.6 Å². The monoisotopic (exact) mass is 344 g/mol. The molecule has 0 aliphatic rings. The third kappa shape index (κ3) is 3.75. The summed E-state index contributed by atoms with van der Waals surface area (Å²) in [6.45, 7) is 0. The van der Waals surface area contributed by atoms with Crippen molar-refractivity contribution in [1.82, 2.24) is 4.90 Å². The number of hydrogen-bond acceptors (Lipinski definition) is 4. The van der Waals surface area contributed by atoms with Crippen LogP contribution in [0.5, 0.6) is 0 Å². The second-order valence-electron chi connectivity index (χ2n) is 4.44. The van der Waals surface area contributed by atoms with Crippen LogP contribution in [0.2, 0.25) is 4.34 Å². The molecule has 0 saturated heterocycles. The van der Waals surface area contributed by atoms with Crippen LogP contribution in [0.4, 0.5) is 5.69 Å². The van der Waals surface area contributed by atoms with Gasteiger partial charge in [0.15, 0.2) is 0 Å². The highest BCUT2D eigenvalue weighted by Gasteiger charge is 2.17. The Morgan fingerprint density at radius 3 is 2.24 bits per heavy atom. The molecule has 1 aromatic carbocycles. The maximum atomic E-state index is 12.1. The van der Waals surface area contributed by atoms with E-state index >= 15 is 0 Å². The molecule has 0 aliphatic carbocycles. The number of sulfonamides is 1. The zero-order valence-electron chi connectivity index (χ0n) is 11.3. The van der Waals surface area contributed by atoms with E-state index in [-0.39, 0.29) is 10.1 Å². The van der Waals surface area contributed by atoms with E-state index in [1.165, 1.54) is 17.0 Å². The predicted octanol–water partition coefficient (Wildman–Crippen LogP) is 2.90. The summed E-state index contributed by atoms with van der Waals surface area (Å²) in [6.07, 6.45) is 0. The molecule has 5 nitrogen and oxygen atoms in total. The van der Waals surface area contributed by atoms with E-state index in [2.05, 4.69) is 4.72 Å². The van der Waals surface area contributed by atoms with Gasteiger partial charge in [0.1, 0.15) is 4.21 Å². The van der Waals surface area contributed by atoms with E-state index in [0.29, 0.717) is 15.6 Å². The molecule has 1 heterocycles. The Bertz CT molecular complexity index is 752. The Kier molecular flexibility index (Phi) is 4.55. The fourth-order valence-electron chi connectivity index (χ4n) is 1.59. The number of nitrogens with zero attached hydrogens (tertiary/aromatic N) is 1. The van der Waals surface area contributed by atoms with Crippen LogP contribution in [0.25, 0.3) is 0 Å². The number of thiophene rings is 1. The van der Waals surface area contributed by atoms with E-state index in [1.807, 2.05) is 0 Å². The summed E-state index contributed by atoms with van der Waals surface area (Å²) in [6, 6.07) is 9.20. The van der Waals surface area contributed by atoms with Gasteiger partial charge in [0.2, 0.25) is 0 Å². The van der Waals surface area contributed by atoms with Crippen LogP contribution >= 0.6 is 22.9 Å². The average molecular weight is 345 g/mol. The summed E-state index contributed by atoms with van der Waals surface area (Å²) in [5, 5.41) is 0. The Balaban J connectivity index is 2.19. The average Bonchev–Trinajstić information content (AvgIpc) is 2.86. The first kappa shape index (κ1) is 15.8. The first-order chi connectivity index (χ1) is 9.79. The van der Waals surface area contributed by atoms with Crippen molar-refractivity contribution in [1.29, 1.82) is 0 Å². The molecule has 1 amide bonds. The highest BCUT2D eigenvalue weighted by Crippen LogP contribution is 2.27. The van der Waals surface area contributed by atoms with Crippen LogP contribution in [0.15, 0.2) is 40.6 Å². The fourth-order valence-corrected chi connectivity index (χ4v) is 4.13. The lowest BCUT2D eigenvalue weighted by Crippen LogP contribution is -2.21. The molecule has 0 saturated carbocycles. The van der Waals surface area contributed by atoms with Crippen LogP contribution in [-0.4, -0.2) is 33.3 Å². The molecule has 0 aliphatic heterocycles. The van der Waals surface area contributed by atoms with Gasteiger partial charge in [-0.1, -0.05) is 11.6 Å². The lowest BCUT2D eigenvalue weighted by atomic mass is 10.2. The van der Waals surface area contributed by atoms with Gasteiger partial charge < -0.3 is 4.90 Å². The Hall–Kier alpha value is -1.57. The predicted molar refractivity (Wildman–Crippen MR) is 84.6 cm³/mol. The summed E-state index contributed by atoms with van der Waals surface area (Å²) in [4.78, 5) is 13.2. The van der Waals surface area contributed by atoms with Crippen molar-refractivity contribution >= 4 is 44.6 Å². The molecule has 1 aromatic heterocycles. The highest BCUT2D eigenvalue weighted by atomic mass is 35.5. The highest BCUT2D eigenvalue weighted by molar-refractivity contribution is 7.94. The SMILES string of the molecule is CN(C)C(=O)c1ccc(NS(=O)(=O)c2ccc(Cl)s2)cc1. The number of halogens is 1. The molecule has 2 rings (SSSR count). The summed E-state index contributed by atoms with van der Waals surface area (Å²) in [7, 11) is -0.349. The normalized spacial score (nSPS) is 11.2. The van der Waals surface area contributed by atoms with Crippen LogP contribution in [-0.2, 0) is 10.0 Å². The molecule has 0 fully saturated rings. The second kappa shape index (κ2) is 6.05. The van der Waals surface area contributed by atoms with Gasteiger partial charge in [-0.15, -0.1) is 11.3 Å². The first-order valence-electron chi connectivity index (χ1n) is 5.89. The molecule has 0 spiro atoms. The molecule has 0 atom stereocenters. The van der Waals surface area contributed by atoms with E-state index in [0.717, 1.165) is 11.3 Å². The Morgan fingerprint density at radius 1 is 1.14 bits per heavy atom. The number of nitrogens with one attached hydrogen (secondary N) is 1. The van der Waals surface area contributed by atoms with Gasteiger partial charge in [-0.05, 0) is 36.4 Å². The summed E-state index contributed by atoms with van der Waals surface area (Å²) in [5.74, 6) is -0.144. The van der Waals surface area contributed by atoms with Gasteiger partial charge >= 0.3 is 0 Å². The summed E-state index contributed by atoms with van der Waals surface area (Å²) in [5.41, 5.74) is 0.872. The standard InChI is InChI=1S/C13H13ClN2O3S2/c1-16(2)13(17)9-3-5-10(6-4-9)15-21(18,19)12-8-7-11(14)20-12/h3-8,15H,1-2H3. The van der Waals surface area contributed by atoms with Crippen molar-refractivity contribution in [2.75, 3.05) is 18.8 Å². The smallest absolute Gasteiger partial charge is 0.271 e. The fraction of sp³-hybridized carbons (Fsp3) is 0.154. The lowest BCUT2D eigenvalue weighted by Gasteiger charge is -2.11. The molecule has 8 heteroatoms. The molecule has 2 aromatic rings. The van der Waals surface area contributed by atoms with Gasteiger partial charge in [-0.2, -0.15) is 0 Å². The summed E-state index contributed by atoms with van der Waals surface area (Å²) >= 11 is 6.72. The number of hydrogen-bond donors (Lipinski definition) is 1. The van der Waals surface area contributed by atoms with Crippen molar-refractivity contribution in [2.24, 2.45) is 0 Å². The summed E-state index contributed by atoms with van der Waals surface area (Å²) < 4.78 is 27.2. The van der Waals surface area contributed by atoms with Gasteiger partial charge in [0, 0.05) is 25.3 Å². The number of anilines is 1. The zero-order chi connectivity index (χ0) is 15.6. The molecule has 0 radical (unpaired) electrons. The molecule has 112 valence electrons. The molecule has 21 heavy (non-hydrogen) atoms. The van der Waals surface area contributed by atoms with Crippen molar-refractivity contribution in [2.45, 2.75) is 4.21 Å². The van der Waals surface area contributed by atoms with Crippen molar-refractivity contribution in [3.8, 4) is 0 Å². The van der Waals surface area contributed by atoms with Crippen LogP contribution in [0.1, 0.15) is 10.4 Å². The zero-order valence-corrected chi connectivity index (χ0v) is 13.7. The van der Waals surface area contributed by atoms with Gasteiger partial charge in [-0.25, -0.2) is 8.42 Å². The van der Waals surface area contributed by atoms with Crippen molar-refractivity contribution in [3.63, 3.8) is 0 Å². The molecule has 0 unspecified atom stereocenters. The van der Waals surface area contributed by atoms with Crippen LogP contribution in [0, 0.1) is 0 Å². The number of rotatable bonds is 4. The number of amides is 1. The van der Waals surface area contributed by atoms with Crippen LogP contribution in [0.3, 0.4) is 0 Å². The van der Waals surface area contributed by atoms with E-state index in [1.54, 1.807) is 38.4 Å². The number of carbonyl (C=O) groups is 1. The third-order valence-electron chi connectivity index (χ3n) is 2.60. The lowest BCUT2D eigenvalue weighted by molar-refractivity contribution is 0.0827. The second-order valence-corrected chi connectivity index (χ2v) is 8.07. The maximum Gasteiger partial charge on any atom is 0.271 e. The third-order valence-corrected chi connectivity index (χ3v) is 5.71. The van der Waals surface area contributed by atoms with Gasteiger partial charge in [-0.3, -0.25) is 9.52 Å². The van der Waals surface area contributed by atoms with E-state index in [9.17, 15) is 13.2 Å². The first-order valence-corrected chi connectivity index (χ1v) is 8.57. The number of benzene rings is 1. The van der Waals surface area contributed by atoms with E-state index < -0.39 is 10.0 Å². The molecule has 1 N–H and O–H groups in total. The van der Waals surface area contributed by atoms with Crippen molar-refractivity contribution < 1.29 is 13.2 Å². The van der Waals surface area contributed by atoms with Crippen LogP contribution < -0.4 is 4.72 Å². The minimum absolute atomic E-state index is 0.140. The molecular formula is C13H13ClN2O3S2. The minimum atomic E-state index is -3.65. The minimum Gasteiger partial charge on any atom is -0.345 e. The van der Waals surface area contributed by atoms with Gasteiger partial charge in [0.25, 0.3) is 15.9 Å². The molecular weight excluding hydrogens is 332 g/mol. The quantitative estimate of drug-likeness (QED) is 0.927. The Labute approximate surface area is 132 Å². The molecule has 0 bridgehead atoms. The maximum absolute atomic E-state index is 12.1. The topological polar surface area (TPSA) is 66.5 Å². The van der Waals surface area contributed by atoms with Crippen molar-refractivity contribution in [3.05, 3.63) is 46.3 Å². The largest absolute Gasteiger partial charge is 0.345 e. The van der Waals surface area contributed by atoms with Gasteiger partial charge in [0.05, 0.1) is 4.34 Å².